The molecule has 3 heterocycles. The fraction of sp³-hybridized carbons (Fsp3) is 0.688. The van der Waals surface area contributed by atoms with Crippen LogP contribution in [0.3, 0.4) is 0 Å². The number of amides is 2. The van der Waals surface area contributed by atoms with E-state index in [2.05, 4.69) is 29.1 Å². The third kappa shape index (κ3) is 3.80. The van der Waals surface area contributed by atoms with Gasteiger partial charge in [0.15, 0.2) is 0 Å². The van der Waals surface area contributed by atoms with Crippen LogP contribution in [0.4, 0.5) is 4.79 Å². The second kappa shape index (κ2) is 7.44. The molecule has 2 fully saturated rings. The van der Waals surface area contributed by atoms with Crippen LogP contribution < -0.4 is 5.32 Å². The van der Waals surface area contributed by atoms with E-state index in [1.807, 2.05) is 4.90 Å². The van der Waals surface area contributed by atoms with E-state index in [9.17, 15) is 4.79 Å². The molecule has 1 aromatic heterocycles. The average molecular weight is 324 g/mol. The highest BCUT2D eigenvalue weighted by Crippen LogP contribution is 2.21. The van der Waals surface area contributed by atoms with E-state index >= 15 is 0 Å². The summed E-state index contributed by atoms with van der Waals surface area (Å²) in [6, 6.07) is 2.12. The Hall–Kier alpha value is -1.11. The van der Waals surface area contributed by atoms with Crippen molar-refractivity contribution in [3.63, 3.8) is 0 Å². The van der Waals surface area contributed by atoms with Gasteiger partial charge in [-0.05, 0) is 41.1 Å². The Balaban J connectivity index is 1.47. The molecular weight excluding hydrogens is 300 g/mol. The molecule has 2 aliphatic heterocycles. The number of nitrogens with one attached hydrogen (secondary N) is 1. The monoisotopic (exact) mass is 324 g/mol. The van der Waals surface area contributed by atoms with Gasteiger partial charge in [-0.1, -0.05) is 6.92 Å². The summed E-state index contributed by atoms with van der Waals surface area (Å²) in [5.41, 5.74) is 1.28. The van der Waals surface area contributed by atoms with Gasteiger partial charge in [0.1, 0.15) is 6.10 Å². The predicted molar refractivity (Wildman–Crippen MR) is 86.4 cm³/mol. The van der Waals surface area contributed by atoms with Crippen molar-refractivity contribution in [2.75, 3.05) is 32.8 Å². The lowest BCUT2D eigenvalue weighted by atomic mass is 10.1. The van der Waals surface area contributed by atoms with Crippen LogP contribution in [-0.2, 0) is 9.47 Å². The molecule has 22 heavy (non-hydrogen) atoms. The van der Waals surface area contributed by atoms with Gasteiger partial charge >= 0.3 is 6.03 Å². The van der Waals surface area contributed by atoms with Crippen LogP contribution in [0.5, 0.6) is 0 Å². The molecule has 2 saturated heterocycles. The maximum Gasteiger partial charge on any atom is 0.317 e. The Morgan fingerprint density at radius 2 is 2.32 bits per heavy atom. The molecule has 1 aromatic rings. The molecule has 122 valence electrons. The highest BCUT2D eigenvalue weighted by Gasteiger charge is 2.32. The molecule has 2 amide bonds. The van der Waals surface area contributed by atoms with E-state index in [1.165, 1.54) is 5.56 Å². The Bertz CT molecular complexity index is 474. The van der Waals surface area contributed by atoms with Gasteiger partial charge in [-0.3, -0.25) is 0 Å². The minimum atomic E-state index is 0.00776. The number of ether oxygens (including phenoxy) is 2. The summed E-state index contributed by atoms with van der Waals surface area (Å²) in [5, 5.41) is 7.26. The minimum Gasteiger partial charge on any atom is -0.375 e. The first-order chi connectivity index (χ1) is 10.7. The second-order valence-electron chi connectivity index (χ2n) is 6.05. The van der Waals surface area contributed by atoms with Crippen LogP contribution in [0.15, 0.2) is 16.8 Å². The summed E-state index contributed by atoms with van der Waals surface area (Å²) in [5.74, 6) is 0.338. The Morgan fingerprint density at radius 1 is 1.45 bits per heavy atom. The zero-order chi connectivity index (χ0) is 15.4. The molecule has 3 atom stereocenters. The molecule has 2 aliphatic rings. The topological polar surface area (TPSA) is 50.8 Å². The molecule has 6 heteroatoms. The molecule has 0 radical (unpaired) electrons. The normalized spacial score (nSPS) is 26.9. The van der Waals surface area contributed by atoms with E-state index in [0.29, 0.717) is 32.2 Å². The summed E-state index contributed by atoms with van der Waals surface area (Å²) < 4.78 is 11.5. The molecule has 0 aromatic carbocycles. The van der Waals surface area contributed by atoms with Gasteiger partial charge in [0, 0.05) is 19.7 Å². The van der Waals surface area contributed by atoms with Gasteiger partial charge in [0.2, 0.25) is 0 Å². The van der Waals surface area contributed by atoms with Crippen molar-refractivity contribution in [3.8, 4) is 0 Å². The number of rotatable bonds is 4. The third-order valence-corrected chi connectivity index (χ3v) is 5.13. The van der Waals surface area contributed by atoms with E-state index in [0.717, 1.165) is 19.4 Å². The Labute approximate surface area is 135 Å². The van der Waals surface area contributed by atoms with Crippen LogP contribution >= 0.6 is 11.3 Å². The van der Waals surface area contributed by atoms with E-state index in [1.54, 1.807) is 11.3 Å². The molecule has 0 aliphatic carbocycles. The molecule has 0 saturated carbocycles. The lowest BCUT2D eigenvalue weighted by molar-refractivity contribution is -0.0848. The maximum absolute atomic E-state index is 12.4. The van der Waals surface area contributed by atoms with Gasteiger partial charge in [-0.2, -0.15) is 11.3 Å². The van der Waals surface area contributed by atoms with Crippen LogP contribution in [0.2, 0.25) is 0 Å². The molecule has 0 bridgehead atoms. The number of nitrogens with zero attached hydrogens (tertiary/aromatic N) is 1. The van der Waals surface area contributed by atoms with Crippen LogP contribution in [0.1, 0.15) is 31.2 Å². The molecular formula is C16H24N2O3S. The molecule has 1 N–H and O–H groups in total. The highest BCUT2D eigenvalue weighted by atomic mass is 32.1. The summed E-state index contributed by atoms with van der Waals surface area (Å²) in [4.78, 5) is 14.2. The van der Waals surface area contributed by atoms with Crippen molar-refractivity contribution < 1.29 is 14.3 Å². The number of carbonyl (C=O) groups is 1. The highest BCUT2D eigenvalue weighted by molar-refractivity contribution is 7.07. The Kier molecular flexibility index (Phi) is 5.33. The summed E-state index contributed by atoms with van der Waals surface area (Å²) in [6.07, 6.45) is 2.31. The number of carbonyl (C=O) groups excluding carboxylic acids is 1. The first kappa shape index (κ1) is 15.8. The van der Waals surface area contributed by atoms with Crippen molar-refractivity contribution in [1.82, 2.24) is 10.2 Å². The first-order valence-corrected chi connectivity index (χ1v) is 8.96. The lowest BCUT2D eigenvalue weighted by Crippen LogP contribution is -2.53. The van der Waals surface area contributed by atoms with Gasteiger partial charge in [0.05, 0.1) is 19.3 Å². The largest absolute Gasteiger partial charge is 0.375 e. The smallest absolute Gasteiger partial charge is 0.317 e. The first-order valence-electron chi connectivity index (χ1n) is 8.02. The minimum absolute atomic E-state index is 0.00776. The number of thiophene rings is 1. The number of urea groups is 1. The van der Waals surface area contributed by atoms with Gasteiger partial charge in [0.25, 0.3) is 0 Å². The summed E-state index contributed by atoms with van der Waals surface area (Å²) >= 11 is 1.69. The Morgan fingerprint density at radius 3 is 3.05 bits per heavy atom. The zero-order valence-corrected chi connectivity index (χ0v) is 13.8. The number of hydrogen-bond acceptors (Lipinski definition) is 4. The van der Waals surface area contributed by atoms with Crippen molar-refractivity contribution in [2.45, 2.75) is 37.9 Å². The predicted octanol–water partition coefficient (Wildman–Crippen LogP) is 2.44. The fourth-order valence-electron chi connectivity index (χ4n) is 3.01. The molecule has 3 rings (SSSR count). The maximum atomic E-state index is 12.4. The zero-order valence-electron chi connectivity index (χ0n) is 13.0. The van der Waals surface area contributed by atoms with Crippen molar-refractivity contribution in [2.24, 2.45) is 0 Å². The van der Waals surface area contributed by atoms with Gasteiger partial charge < -0.3 is 19.7 Å². The van der Waals surface area contributed by atoms with Gasteiger partial charge in [-0.15, -0.1) is 0 Å². The van der Waals surface area contributed by atoms with E-state index < -0.39 is 0 Å². The second-order valence-corrected chi connectivity index (χ2v) is 6.83. The lowest BCUT2D eigenvalue weighted by Gasteiger charge is -2.35. The van der Waals surface area contributed by atoms with Crippen LogP contribution in [0, 0.1) is 0 Å². The van der Waals surface area contributed by atoms with Crippen LogP contribution in [-0.4, -0.2) is 56.0 Å². The van der Waals surface area contributed by atoms with Gasteiger partial charge in [-0.25, -0.2) is 4.79 Å². The molecule has 0 spiro atoms. The molecule has 0 unspecified atom stereocenters. The third-order valence-electron chi connectivity index (χ3n) is 4.43. The number of morpholine rings is 1. The summed E-state index contributed by atoms with van der Waals surface area (Å²) in [6.45, 7) is 5.49. The fourth-order valence-corrected chi connectivity index (χ4v) is 3.79. The standard InChI is InChI=1S/C16H24N2O3S/c1-12(13-4-8-22-11-13)9-17-16(19)18-5-7-21-15(10-18)14-3-2-6-20-14/h4,8,11-12,14-15H,2-3,5-7,9-10H2,1H3,(H,17,19)/t12-,14+,15+/m1/s1. The van der Waals surface area contributed by atoms with Crippen molar-refractivity contribution in [3.05, 3.63) is 22.4 Å². The van der Waals surface area contributed by atoms with Crippen molar-refractivity contribution in [1.29, 1.82) is 0 Å². The molecule has 5 nitrogen and oxygen atoms in total. The SMILES string of the molecule is C[C@H](CNC(=O)N1CCO[C@H]([C@@H]2CCCO2)C1)c1ccsc1. The van der Waals surface area contributed by atoms with E-state index in [4.69, 9.17) is 9.47 Å². The van der Waals surface area contributed by atoms with Crippen molar-refractivity contribution >= 4 is 17.4 Å². The van der Waals surface area contributed by atoms with E-state index in [-0.39, 0.29) is 18.2 Å². The summed E-state index contributed by atoms with van der Waals surface area (Å²) in [7, 11) is 0. The van der Waals surface area contributed by atoms with Crippen LogP contribution in [0.25, 0.3) is 0 Å². The quantitative estimate of drug-likeness (QED) is 0.925. The average Bonchev–Trinajstić information content (AvgIpc) is 3.25. The number of hydrogen-bond donors (Lipinski definition) is 1.